The summed E-state index contributed by atoms with van der Waals surface area (Å²) in [5.74, 6) is -1.17. The van der Waals surface area contributed by atoms with Crippen LogP contribution in [0.4, 0.5) is 5.69 Å². The molecule has 0 aliphatic carbocycles. The summed E-state index contributed by atoms with van der Waals surface area (Å²) in [5, 5.41) is 3.31. The number of amides is 2. The van der Waals surface area contributed by atoms with Crippen LogP contribution in [0.1, 0.15) is 40.5 Å². The maximum absolute atomic E-state index is 11.3. The number of nitrogens with two attached hydrogens (primary N) is 2. The van der Waals surface area contributed by atoms with Crippen molar-refractivity contribution in [2.24, 2.45) is 11.5 Å². The molecule has 1 heterocycles. The number of nitrogens with one attached hydrogen (secondary N) is 1. The summed E-state index contributed by atoms with van der Waals surface area (Å²) in [7, 11) is 0. The second-order valence-corrected chi connectivity index (χ2v) is 5.07. The molecule has 1 aromatic carbocycles. The van der Waals surface area contributed by atoms with Gasteiger partial charge < -0.3 is 21.5 Å². The normalized spacial score (nSPS) is 22.2. The predicted octanol–water partition coefficient (Wildman–Crippen LogP) is 0.864. The first kappa shape index (κ1) is 14.3. The Labute approximate surface area is 117 Å². The van der Waals surface area contributed by atoms with Crippen LogP contribution in [0, 0.1) is 0 Å². The third-order valence-electron chi connectivity index (χ3n) is 3.36. The van der Waals surface area contributed by atoms with Crippen LogP contribution in [0.2, 0.25) is 0 Å². The van der Waals surface area contributed by atoms with E-state index in [2.05, 4.69) is 5.32 Å². The summed E-state index contributed by atoms with van der Waals surface area (Å²) >= 11 is 0. The zero-order valence-electron chi connectivity index (χ0n) is 11.4. The number of primary amides is 2. The van der Waals surface area contributed by atoms with Crippen LogP contribution in [0.5, 0.6) is 0 Å². The number of carbonyl (C=O) groups excluding carboxylic acids is 2. The number of benzene rings is 1. The van der Waals surface area contributed by atoms with Crippen molar-refractivity contribution in [1.29, 1.82) is 0 Å². The number of hydrogen-bond donors (Lipinski definition) is 3. The van der Waals surface area contributed by atoms with Gasteiger partial charge in [0.05, 0.1) is 6.10 Å². The Morgan fingerprint density at radius 3 is 2.30 bits per heavy atom. The Bertz CT molecular complexity index is 498. The second-order valence-electron chi connectivity index (χ2n) is 5.07. The van der Waals surface area contributed by atoms with E-state index in [4.69, 9.17) is 16.2 Å². The molecule has 2 amide bonds. The molecule has 2 rings (SSSR count). The van der Waals surface area contributed by atoms with E-state index in [1.165, 1.54) is 6.07 Å². The van der Waals surface area contributed by atoms with Crippen molar-refractivity contribution >= 4 is 17.5 Å². The molecule has 1 aromatic rings. The smallest absolute Gasteiger partial charge is 0.248 e. The number of carbonyl (C=O) groups is 2. The van der Waals surface area contributed by atoms with Crippen molar-refractivity contribution in [1.82, 2.24) is 0 Å². The lowest BCUT2D eigenvalue weighted by molar-refractivity contribution is 0.0232. The zero-order chi connectivity index (χ0) is 14.7. The summed E-state index contributed by atoms with van der Waals surface area (Å²) in [4.78, 5) is 22.6. The van der Waals surface area contributed by atoms with Gasteiger partial charge in [0, 0.05) is 29.5 Å². The fourth-order valence-corrected chi connectivity index (χ4v) is 2.36. The van der Waals surface area contributed by atoms with Gasteiger partial charge in [-0.3, -0.25) is 9.59 Å². The molecule has 0 spiro atoms. The minimum atomic E-state index is -0.587. The molecule has 1 fully saturated rings. The SMILES string of the molecule is CC1CC(Nc2cc(C(N)=O)cc(C(N)=O)c2)CCO1. The summed E-state index contributed by atoms with van der Waals surface area (Å²) in [5.41, 5.74) is 11.7. The Balaban J connectivity index is 2.21. The standard InChI is InChI=1S/C14H19N3O3/c1-8-4-11(2-3-20-8)17-12-6-9(13(15)18)5-10(7-12)14(16)19/h5-8,11,17H,2-4H2,1H3,(H2,15,18)(H2,16,19). The highest BCUT2D eigenvalue weighted by Crippen LogP contribution is 2.21. The highest BCUT2D eigenvalue weighted by atomic mass is 16.5. The molecule has 6 nitrogen and oxygen atoms in total. The average Bonchev–Trinajstić information content (AvgIpc) is 2.38. The third-order valence-corrected chi connectivity index (χ3v) is 3.36. The summed E-state index contributed by atoms with van der Waals surface area (Å²) in [6.45, 7) is 2.71. The summed E-state index contributed by atoms with van der Waals surface area (Å²) in [6.07, 6.45) is 1.93. The van der Waals surface area contributed by atoms with Gasteiger partial charge in [0.25, 0.3) is 0 Å². The van der Waals surface area contributed by atoms with Gasteiger partial charge in [-0.2, -0.15) is 0 Å². The van der Waals surface area contributed by atoms with Gasteiger partial charge >= 0.3 is 0 Å². The molecule has 0 saturated carbocycles. The Morgan fingerprint density at radius 2 is 1.80 bits per heavy atom. The molecular weight excluding hydrogens is 258 g/mol. The van der Waals surface area contributed by atoms with Gasteiger partial charge in [-0.15, -0.1) is 0 Å². The van der Waals surface area contributed by atoms with Gasteiger partial charge in [-0.25, -0.2) is 0 Å². The molecule has 1 aliphatic rings. The number of anilines is 1. The summed E-state index contributed by atoms with van der Waals surface area (Å²) < 4.78 is 5.48. The number of rotatable bonds is 4. The van der Waals surface area contributed by atoms with E-state index < -0.39 is 11.8 Å². The molecule has 0 aromatic heterocycles. The minimum absolute atomic E-state index is 0.191. The van der Waals surface area contributed by atoms with Crippen molar-refractivity contribution in [3.8, 4) is 0 Å². The molecule has 1 saturated heterocycles. The first-order valence-corrected chi connectivity index (χ1v) is 6.58. The van der Waals surface area contributed by atoms with E-state index in [0.29, 0.717) is 12.3 Å². The van der Waals surface area contributed by atoms with Gasteiger partial charge in [0.1, 0.15) is 0 Å². The molecule has 1 aliphatic heterocycles. The van der Waals surface area contributed by atoms with Crippen LogP contribution in [-0.2, 0) is 4.74 Å². The molecule has 2 atom stereocenters. The quantitative estimate of drug-likeness (QED) is 0.758. The van der Waals surface area contributed by atoms with E-state index in [-0.39, 0.29) is 23.3 Å². The monoisotopic (exact) mass is 277 g/mol. The molecule has 6 heteroatoms. The molecule has 108 valence electrons. The van der Waals surface area contributed by atoms with Crippen LogP contribution >= 0.6 is 0 Å². The van der Waals surface area contributed by atoms with Gasteiger partial charge in [0.15, 0.2) is 0 Å². The minimum Gasteiger partial charge on any atom is -0.382 e. The first-order chi connectivity index (χ1) is 9.45. The van der Waals surface area contributed by atoms with Crippen LogP contribution in [0.3, 0.4) is 0 Å². The molecule has 0 radical (unpaired) electrons. The van der Waals surface area contributed by atoms with Crippen molar-refractivity contribution in [3.05, 3.63) is 29.3 Å². The van der Waals surface area contributed by atoms with E-state index >= 15 is 0 Å². The zero-order valence-corrected chi connectivity index (χ0v) is 11.4. The molecule has 5 N–H and O–H groups in total. The van der Waals surface area contributed by atoms with Gasteiger partial charge in [-0.05, 0) is 38.0 Å². The van der Waals surface area contributed by atoms with Crippen LogP contribution in [0.15, 0.2) is 18.2 Å². The first-order valence-electron chi connectivity index (χ1n) is 6.58. The lowest BCUT2D eigenvalue weighted by Gasteiger charge is -2.29. The number of ether oxygens (including phenoxy) is 1. The van der Waals surface area contributed by atoms with E-state index in [1.807, 2.05) is 6.92 Å². The largest absolute Gasteiger partial charge is 0.382 e. The fraction of sp³-hybridized carbons (Fsp3) is 0.429. The van der Waals surface area contributed by atoms with Crippen LogP contribution < -0.4 is 16.8 Å². The maximum Gasteiger partial charge on any atom is 0.248 e. The molecule has 2 unspecified atom stereocenters. The molecular formula is C14H19N3O3. The van der Waals surface area contributed by atoms with Gasteiger partial charge in [-0.1, -0.05) is 0 Å². The van der Waals surface area contributed by atoms with Crippen molar-refractivity contribution in [2.45, 2.75) is 31.9 Å². The van der Waals surface area contributed by atoms with Gasteiger partial charge in [0.2, 0.25) is 11.8 Å². The topological polar surface area (TPSA) is 107 Å². The number of hydrogen-bond acceptors (Lipinski definition) is 4. The highest BCUT2D eigenvalue weighted by Gasteiger charge is 2.19. The van der Waals surface area contributed by atoms with E-state index in [0.717, 1.165) is 12.8 Å². The Kier molecular flexibility index (Phi) is 4.24. The van der Waals surface area contributed by atoms with Crippen molar-refractivity contribution in [3.63, 3.8) is 0 Å². The lowest BCUT2D eigenvalue weighted by atomic mass is 10.0. The molecule has 20 heavy (non-hydrogen) atoms. The van der Waals surface area contributed by atoms with Crippen molar-refractivity contribution < 1.29 is 14.3 Å². The van der Waals surface area contributed by atoms with E-state index in [9.17, 15) is 9.59 Å². The maximum atomic E-state index is 11.3. The van der Waals surface area contributed by atoms with Crippen molar-refractivity contribution in [2.75, 3.05) is 11.9 Å². The average molecular weight is 277 g/mol. The van der Waals surface area contributed by atoms with E-state index in [1.54, 1.807) is 12.1 Å². The third kappa shape index (κ3) is 3.48. The highest BCUT2D eigenvalue weighted by molar-refractivity contribution is 5.99. The van der Waals surface area contributed by atoms with Crippen LogP contribution in [0.25, 0.3) is 0 Å². The van der Waals surface area contributed by atoms with Crippen LogP contribution in [-0.4, -0.2) is 30.6 Å². The Morgan fingerprint density at radius 1 is 1.20 bits per heavy atom. The molecule has 0 bridgehead atoms. The second kappa shape index (κ2) is 5.92. The fourth-order valence-electron chi connectivity index (χ4n) is 2.36. The predicted molar refractivity (Wildman–Crippen MR) is 75.5 cm³/mol. The lowest BCUT2D eigenvalue weighted by Crippen LogP contribution is -2.32. The Hall–Kier alpha value is -2.08. The summed E-state index contributed by atoms with van der Waals surface area (Å²) in [6, 6.07) is 4.91.